The summed E-state index contributed by atoms with van der Waals surface area (Å²) in [6, 6.07) is 4.08. The summed E-state index contributed by atoms with van der Waals surface area (Å²) in [5.41, 5.74) is 0.245. The fourth-order valence-corrected chi connectivity index (χ4v) is 1.79. The summed E-state index contributed by atoms with van der Waals surface area (Å²) in [6.07, 6.45) is 2.12. The third-order valence-electron chi connectivity index (χ3n) is 2.43. The predicted molar refractivity (Wildman–Crippen MR) is 52.1 cm³/mol. The van der Waals surface area contributed by atoms with Crippen LogP contribution in [0.15, 0.2) is 18.2 Å². The first kappa shape index (κ1) is 9.90. The second kappa shape index (κ2) is 3.19. The first-order valence-corrected chi connectivity index (χ1v) is 4.85. The van der Waals surface area contributed by atoms with Gasteiger partial charge in [0, 0.05) is 5.02 Å². The van der Waals surface area contributed by atoms with E-state index in [0.29, 0.717) is 5.92 Å². The van der Waals surface area contributed by atoms with Crippen LogP contribution in [0.2, 0.25) is 5.02 Å². The molecular weight excluding hydrogens is 211 g/mol. The molecule has 0 nitrogen and oxygen atoms in total. The van der Waals surface area contributed by atoms with Crippen LogP contribution in [0, 0.1) is 0 Å². The molecule has 1 aromatic rings. The van der Waals surface area contributed by atoms with Gasteiger partial charge in [0.15, 0.2) is 0 Å². The third-order valence-corrected chi connectivity index (χ3v) is 2.75. The molecule has 5 heteroatoms. The lowest BCUT2D eigenvalue weighted by atomic mass is 9.79. The molecule has 0 heterocycles. The summed E-state index contributed by atoms with van der Waals surface area (Å²) in [4.78, 5) is 0. The quantitative estimate of drug-likeness (QED) is 0.670. The molecule has 0 spiro atoms. The molecule has 1 aliphatic carbocycles. The average molecular weight is 219 g/mol. The molecule has 0 aliphatic heterocycles. The lowest BCUT2D eigenvalue weighted by Crippen LogP contribution is -2.34. The van der Waals surface area contributed by atoms with Gasteiger partial charge in [-0.1, -0.05) is 29.2 Å². The Hall–Kier alpha value is -0.635. The zero-order chi connectivity index (χ0) is 10.3. The summed E-state index contributed by atoms with van der Waals surface area (Å²) < 4.78 is 37.1. The second-order valence-corrected chi connectivity index (χ2v) is 4.04. The van der Waals surface area contributed by atoms with Gasteiger partial charge in [0.05, 0.1) is 0 Å². The zero-order valence-electron chi connectivity index (χ0n) is 7.31. The van der Waals surface area contributed by atoms with E-state index in [-0.39, 0.29) is 5.02 Å². The van der Waals surface area contributed by atoms with Crippen LogP contribution < -0.4 is 5.46 Å². The van der Waals surface area contributed by atoms with E-state index in [1.54, 1.807) is 0 Å². The Labute approximate surface area is 85.1 Å². The molecule has 0 saturated heterocycles. The molecular formula is C9H8BClF3-. The first-order valence-electron chi connectivity index (χ1n) is 4.48. The minimum Gasteiger partial charge on any atom is -0.445 e. The van der Waals surface area contributed by atoms with Gasteiger partial charge in [0.2, 0.25) is 0 Å². The van der Waals surface area contributed by atoms with Gasteiger partial charge in [0.25, 0.3) is 0 Å². The first-order chi connectivity index (χ1) is 6.48. The molecule has 0 unspecified atom stereocenters. The van der Waals surface area contributed by atoms with Crippen molar-refractivity contribution in [3.63, 3.8) is 0 Å². The van der Waals surface area contributed by atoms with Gasteiger partial charge in [0.1, 0.15) is 0 Å². The highest BCUT2D eigenvalue weighted by Crippen LogP contribution is 2.40. The van der Waals surface area contributed by atoms with Crippen LogP contribution in [0.4, 0.5) is 12.9 Å². The number of hydrogen-bond donors (Lipinski definition) is 0. The standard InChI is InChI=1S/C9H8BClF3/c11-9-5-7(6-1-2-6)3-4-8(9)10(12,13)14/h3-6H,1-2H2/q-1. The van der Waals surface area contributed by atoms with Gasteiger partial charge in [-0.25, -0.2) is 0 Å². The van der Waals surface area contributed by atoms with E-state index < -0.39 is 12.4 Å². The minimum absolute atomic E-state index is 0.165. The Morgan fingerprint density at radius 1 is 1.21 bits per heavy atom. The van der Waals surface area contributed by atoms with Crippen molar-refractivity contribution in [3.8, 4) is 0 Å². The molecule has 0 amide bonds. The second-order valence-electron chi connectivity index (χ2n) is 3.63. The zero-order valence-corrected chi connectivity index (χ0v) is 8.07. The van der Waals surface area contributed by atoms with Crippen molar-refractivity contribution in [2.75, 3.05) is 0 Å². The molecule has 1 aromatic carbocycles. The van der Waals surface area contributed by atoms with Gasteiger partial charge in [-0.05, 0) is 30.4 Å². The minimum atomic E-state index is -4.98. The summed E-state index contributed by atoms with van der Waals surface area (Å²) in [5, 5.41) is -0.165. The highest BCUT2D eigenvalue weighted by molar-refractivity contribution is 6.75. The third kappa shape index (κ3) is 1.90. The Kier molecular flexibility index (Phi) is 2.26. The van der Waals surface area contributed by atoms with Crippen LogP contribution >= 0.6 is 11.6 Å². The van der Waals surface area contributed by atoms with Gasteiger partial charge in [-0.15, -0.1) is 0 Å². The molecule has 1 fully saturated rings. The number of benzene rings is 1. The predicted octanol–water partition coefficient (Wildman–Crippen LogP) is 3.27. The Bertz CT molecular complexity index is 358. The smallest absolute Gasteiger partial charge is 0.445 e. The van der Waals surface area contributed by atoms with E-state index in [1.807, 2.05) is 0 Å². The number of rotatable bonds is 2. The van der Waals surface area contributed by atoms with Crippen LogP contribution in [0.3, 0.4) is 0 Å². The van der Waals surface area contributed by atoms with Gasteiger partial charge in [-0.3, -0.25) is 0 Å². The highest BCUT2D eigenvalue weighted by Gasteiger charge is 2.30. The van der Waals surface area contributed by atoms with E-state index in [2.05, 4.69) is 0 Å². The van der Waals surface area contributed by atoms with Crippen LogP contribution in [0.25, 0.3) is 0 Å². The van der Waals surface area contributed by atoms with Crippen molar-refractivity contribution in [1.82, 2.24) is 0 Å². The maximum atomic E-state index is 12.4. The summed E-state index contributed by atoms with van der Waals surface area (Å²) in [6.45, 7) is -4.98. The Morgan fingerprint density at radius 3 is 2.29 bits per heavy atom. The maximum Gasteiger partial charge on any atom is 0.511 e. The van der Waals surface area contributed by atoms with E-state index in [4.69, 9.17) is 11.6 Å². The van der Waals surface area contributed by atoms with Crippen molar-refractivity contribution in [3.05, 3.63) is 28.8 Å². The van der Waals surface area contributed by atoms with Crippen molar-refractivity contribution in [2.45, 2.75) is 18.8 Å². The van der Waals surface area contributed by atoms with E-state index in [9.17, 15) is 12.9 Å². The molecule has 2 rings (SSSR count). The van der Waals surface area contributed by atoms with E-state index in [0.717, 1.165) is 24.5 Å². The lowest BCUT2D eigenvalue weighted by molar-refractivity contribution is 0.501. The molecule has 1 aliphatic rings. The number of halogens is 4. The van der Waals surface area contributed by atoms with Crippen molar-refractivity contribution in [2.24, 2.45) is 0 Å². The molecule has 0 bridgehead atoms. The fourth-order valence-electron chi connectivity index (χ4n) is 1.48. The fraction of sp³-hybridized carbons (Fsp3) is 0.333. The Balaban J connectivity index is 2.35. The van der Waals surface area contributed by atoms with Crippen LogP contribution in [0.5, 0.6) is 0 Å². The van der Waals surface area contributed by atoms with Crippen molar-refractivity contribution < 1.29 is 12.9 Å². The monoisotopic (exact) mass is 219 g/mol. The molecule has 0 radical (unpaired) electrons. The molecule has 0 aromatic heterocycles. The molecule has 0 atom stereocenters. The van der Waals surface area contributed by atoms with Gasteiger partial charge in [-0.2, -0.15) is 0 Å². The van der Waals surface area contributed by atoms with Crippen LogP contribution in [-0.2, 0) is 0 Å². The molecule has 0 N–H and O–H groups in total. The van der Waals surface area contributed by atoms with Crippen LogP contribution in [-0.4, -0.2) is 6.98 Å². The highest BCUT2D eigenvalue weighted by atomic mass is 35.5. The topological polar surface area (TPSA) is 0 Å². The molecule has 76 valence electrons. The molecule has 1 saturated carbocycles. The lowest BCUT2D eigenvalue weighted by Gasteiger charge is -2.17. The van der Waals surface area contributed by atoms with Gasteiger partial charge >= 0.3 is 6.98 Å². The summed E-state index contributed by atoms with van der Waals surface area (Å²) in [7, 11) is 0. The summed E-state index contributed by atoms with van der Waals surface area (Å²) in [5.74, 6) is 0.433. The van der Waals surface area contributed by atoms with Crippen molar-refractivity contribution >= 4 is 24.0 Å². The number of hydrogen-bond acceptors (Lipinski definition) is 0. The van der Waals surface area contributed by atoms with Crippen molar-refractivity contribution in [1.29, 1.82) is 0 Å². The average Bonchev–Trinajstić information content (AvgIpc) is 2.83. The normalized spacial score (nSPS) is 17.1. The van der Waals surface area contributed by atoms with E-state index in [1.165, 1.54) is 12.1 Å². The molecule has 14 heavy (non-hydrogen) atoms. The Morgan fingerprint density at radius 2 is 1.86 bits per heavy atom. The maximum absolute atomic E-state index is 12.4. The van der Waals surface area contributed by atoms with Gasteiger partial charge < -0.3 is 12.9 Å². The SMILES string of the molecule is F[B-](F)(F)c1ccc(C2CC2)cc1Cl. The summed E-state index contributed by atoms with van der Waals surface area (Å²) >= 11 is 5.58. The van der Waals surface area contributed by atoms with E-state index >= 15 is 0 Å². The van der Waals surface area contributed by atoms with Crippen LogP contribution in [0.1, 0.15) is 24.3 Å². The largest absolute Gasteiger partial charge is 0.511 e.